The molecule has 1 N–H and O–H groups in total. The lowest BCUT2D eigenvalue weighted by molar-refractivity contribution is -0.385. The number of carbonyl (C=O) groups is 2. The summed E-state index contributed by atoms with van der Waals surface area (Å²) < 4.78 is 3.41. The second-order valence-corrected chi connectivity index (χ2v) is 10.7. The van der Waals surface area contributed by atoms with Gasteiger partial charge in [-0.05, 0) is 62.7 Å². The molecule has 2 amide bonds. The molecule has 4 fully saturated rings. The minimum absolute atomic E-state index is 0.00793. The van der Waals surface area contributed by atoms with Crippen molar-refractivity contribution >= 4 is 23.2 Å². The minimum atomic E-state index is -0.406. The predicted octanol–water partition coefficient (Wildman–Crippen LogP) is 3.03. The summed E-state index contributed by atoms with van der Waals surface area (Å²) >= 11 is 0. The van der Waals surface area contributed by atoms with Crippen molar-refractivity contribution in [1.29, 1.82) is 0 Å². The molecule has 4 aliphatic carbocycles. The average molecular weight is 470 g/mol. The van der Waals surface area contributed by atoms with E-state index in [1.54, 1.807) is 31.2 Å². The Balaban J connectivity index is 1.38. The summed E-state index contributed by atoms with van der Waals surface area (Å²) in [6, 6.07) is 0. The maximum Gasteiger partial charge on any atom is 0.307 e. The summed E-state index contributed by atoms with van der Waals surface area (Å²) in [6.07, 6.45) is 10.6. The highest BCUT2D eigenvalue weighted by molar-refractivity contribution is 6.02. The topological polar surface area (TPSA) is 128 Å². The molecular formula is C23H31N7O4. The summed E-state index contributed by atoms with van der Waals surface area (Å²) in [5.41, 5.74) is 0.395. The van der Waals surface area contributed by atoms with E-state index in [0.717, 1.165) is 38.5 Å². The van der Waals surface area contributed by atoms with Gasteiger partial charge in [0, 0.05) is 27.1 Å². The van der Waals surface area contributed by atoms with Crippen LogP contribution in [0.25, 0.3) is 0 Å². The van der Waals surface area contributed by atoms with Gasteiger partial charge in [0.05, 0.1) is 22.3 Å². The van der Waals surface area contributed by atoms with Crippen LogP contribution in [0, 0.1) is 27.4 Å². The first-order valence-electron chi connectivity index (χ1n) is 11.9. The molecule has 2 heterocycles. The Bertz CT molecular complexity index is 1140. The molecule has 6 rings (SSSR count). The maximum atomic E-state index is 13.3. The Morgan fingerprint density at radius 3 is 2.50 bits per heavy atom. The smallest absolute Gasteiger partial charge is 0.307 e. The lowest BCUT2D eigenvalue weighted by Crippen LogP contribution is -2.57. The van der Waals surface area contributed by atoms with Crippen molar-refractivity contribution in [3.8, 4) is 0 Å². The van der Waals surface area contributed by atoms with Crippen LogP contribution >= 0.6 is 0 Å². The number of anilines is 1. The fraction of sp³-hybridized carbons (Fsp3) is 0.652. The van der Waals surface area contributed by atoms with Gasteiger partial charge < -0.3 is 10.2 Å². The molecular weight excluding hydrogens is 438 g/mol. The molecule has 2 aromatic rings. The minimum Gasteiger partial charge on any atom is -0.343 e. The number of rotatable bonds is 7. The van der Waals surface area contributed by atoms with E-state index in [4.69, 9.17) is 0 Å². The van der Waals surface area contributed by atoms with E-state index in [1.807, 2.05) is 11.6 Å². The van der Waals surface area contributed by atoms with Crippen LogP contribution in [-0.4, -0.2) is 55.3 Å². The molecule has 0 radical (unpaired) electrons. The van der Waals surface area contributed by atoms with Crippen LogP contribution in [0.2, 0.25) is 0 Å². The van der Waals surface area contributed by atoms with Crippen LogP contribution in [0.4, 0.5) is 11.4 Å². The fourth-order valence-corrected chi connectivity index (χ4v) is 7.23. The van der Waals surface area contributed by atoms with Gasteiger partial charge >= 0.3 is 5.69 Å². The highest BCUT2D eigenvalue weighted by Gasteiger charge is 2.59. The predicted molar refractivity (Wildman–Crippen MR) is 123 cm³/mol. The molecule has 0 spiro atoms. The van der Waals surface area contributed by atoms with E-state index in [9.17, 15) is 19.7 Å². The Kier molecular flexibility index (Phi) is 5.25. The summed E-state index contributed by atoms with van der Waals surface area (Å²) in [4.78, 5) is 38.3. The van der Waals surface area contributed by atoms with Crippen LogP contribution < -0.4 is 5.32 Å². The lowest BCUT2D eigenvalue weighted by atomic mass is 9.46. The van der Waals surface area contributed by atoms with Gasteiger partial charge in [-0.25, -0.2) is 0 Å². The highest BCUT2D eigenvalue weighted by atomic mass is 16.6. The number of amides is 2. The van der Waals surface area contributed by atoms with Gasteiger partial charge in [0.25, 0.3) is 5.91 Å². The number of aromatic nitrogens is 4. The van der Waals surface area contributed by atoms with Crippen LogP contribution in [0.3, 0.4) is 0 Å². The molecule has 0 aromatic carbocycles. The summed E-state index contributed by atoms with van der Waals surface area (Å²) in [5.74, 6) is 0.660. The van der Waals surface area contributed by atoms with Gasteiger partial charge in [0.15, 0.2) is 0 Å². The summed E-state index contributed by atoms with van der Waals surface area (Å²) in [5, 5.41) is 22.9. The van der Waals surface area contributed by atoms with Gasteiger partial charge in [-0.3, -0.25) is 29.1 Å². The molecule has 0 saturated heterocycles. The van der Waals surface area contributed by atoms with Gasteiger partial charge in [-0.15, -0.1) is 0 Å². The van der Waals surface area contributed by atoms with Gasteiger partial charge in [-0.1, -0.05) is 0 Å². The Hall–Kier alpha value is -3.24. The molecule has 4 aliphatic rings. The monoisotopic (exact) mass is 469 g/mol. The number of aryl methyl sites for hydroxylation is 1. The number of nitrogens with zero attached hydrogens (tertiary/aromatic N) is 6. The van der Waals surface area contributed by atoms with Crippen molar-refractivity contribution in [2.24, 2.45) is 17.3 Å². The Labute approximate surface area is 197 Å². The van der Waals surface area contributed by atoms with Crippen molar-refractivity contribution in [3.63, 3.8) is 0 Å². The van der Waals surface area contributed by atoms with E-state index < -0.39 is 4.92 Å². The number of nitro groups is 1. The van der Waals surface area contributed by atoms with Crippen LogP contribution in [0.15, 0.2) is 18.6 Å². The van der Waals surface area contributed by atoms with Crippen molar-refractivity contribution < 1.29 is 14.5 Å². The molecule has 4 bridgehead atoms. The van der Waals surface area contributed by atoms with Gasteiger partial charge in [0.2, 0.25) is 5.91 Å². The van der Waals surface area contributed by atoms with E-state index in [2.05, 4.69) is 15.5 Å². The number of hydrogen-bond acceptors (Lipinski definition) is 6. The van der Waals surface area contributed by atoms with Crippen molar-refractivity contribution in [1.82, 2.24) is 24.5 Å². The third kappa shape index (κ3) is 3.67. The van der Waals surface area contributed by atoms with E-state index in [-0.39, 0.29) is 28.5 Å². The molecule has 182 valence electrons. The van der Waals surface area contributed by atoms with E-state index in [1.165, 1.54) is 11.1 Å². The zero-order chi connectivity index (χ0) is 24.3. The zero-order valence-electron chi connectivity index (χ0n) is 19.9. The molecule has 2 unspecified atom stereocenters. The van der Waals surface area contributed by atoms with Crippen molar-refractivity contribution in [3.05, 3.63) is 34.4 Å². The Morgan fingerprint density at radius 2 is 1.91 bits per heavy atom. The second kappa shape index (κ2) is 7.92. The number of hydrogen-bond donors (Lipinski definition) is 1. The van der Waals surface area contributed by atoms with E-state index >= 15 is 0 Å². The third-order valence-electron chi connectivity index (χ3n) is 7.97. The van der Waals surface area contributed by atoms with Crippen LogP contribution in [-0.2, 0) is 16.9 Å². The first kappa shape index (κ1) is 22.5. The number of nitrogens with one attached hydrogen (secondary N) is 1. The van der Waals surface area contributed by atoms with Crippen LogP contribution in [0.1, 0.15) is 62.4 Å². The van der Waals surface area contributed by atoms with E-state index in [0.29, 0.717) is 36.2 Å². The lowest BCUT2D eigenvalue weighted by Gasteiger charge is -2.61. The standard InChI is InChI=1S/C23H31N7O4/c1-4-28-20(21(32)27(2)3)18(12-24-28)26-19(31)10-22-6-15-5-16(7-22)9-23(8-15,14-22)29-13-17(11-25-29)30(33)34/h11-13,15-16H,4-10,14H2,1-3H3,(H,26,31). The van der Waals surface area contributed by atoms with Gasteiger partial charge in [-0.2, -0.15) is 10.2 Å². The number of carbonyl (C=O) groups excluding carboxylic acids is 2. The normalized spacial score (nSPS) is 29.3. The Morgan fingerprint density at radius 1 is 1.21 bits per heavy atom. The van der Waals surface area contributed by atoms with Gasteiger partial charge in [0.1, 0.15) is 18.1 Å². The molecule has 4 saturated carbocycles. The average Bonchev–Trinajstić information content (AvgIpc) is 3.39. The third-order valence-corrected chi connectivity index (χ3v) is 7.97. The summed E-state index contributed by atoms with van der Waals surface area (Å²) in [7, 11) is 3.35. The van der Waals surface area contributed by atoms with Crippen molar-refractivity contribution in [2.75, 3.05) is 19.4 Å². The molecule has 0 aliphatic heterocycles. The molecule has 2 aromatic heterocycles. The largest absolute Gasteiger partial charge is 0.343 e. The first-order chi connectivity index (χ1) is 16.1. The molecule has 2 atom stereocenters. The van der Waals surface area contributed by atoms with Crippen molar-refractivity contribution in [2.45, 2.75) is 64.0 Å². The summed E-state index contributed by atoms with van der Waals surface area (Å²) in [6.45, 7) is 2.43. The first-order valence-corrected chi connectivity index (χ1v) is 11.9. The molecule has 34 heavy (non-hydrogen) atoms. The highest BCUT2D eigenvalue weighted by Crippen LogP contribution is 2.65. The second-order valence-electron chi connectivity index (χ2n) is 10.7. The van der Waals surface area contributed by atoms with Crippen LogP contribution in [0.5, 0.6) is 0 Å². The fourth-order valence-electron chi connectivity index (χ4n) is 7.23. The maximum absolute atomic E-state index is 13.3. The molecule has 11 heteroatoms. The SMILES string of the molecule is CCn1ncc(NC(=O)CC23CC4CC(C2)CC(n2cc([N+](=O)[O-])cn2)(C4)C3)c1C(=O)N(C)C. The zero-order valence-corrected chi connectivity index (χ0v) is 19.9. The quantitative estimate of drug-likeness (QED) is 0.490. The molecule has 11 nitrogen and oxygen atoms in total.